The Morgan fingerprint density at radius 2 is 2.12 bits per heavy atom. The predicted octanol–water partition coefficient (Wildman–Crippen LogP) is 2.34. The first kappa shape index (κ1) is 11.8. The highest BCUT2D eigenvalue weighted by molar-refractivity contribution is 9.10. The van der Waals surface area contributed by atoms with E-state index < -0.39 is 5.97 Å². The number of aromatic nitrogens is 3. The van der Waals surface area contributed by atoms with Crippen LogP contribution in [-0.2, 0) is 0 Å². The molecule has 0 saturated heterocycles. The maximum Gasteiger partial charge on any atom is 0.337 e. The summed E-state index contributed by atoms with van der Waals surface area (Å²) in [4.78, 5) is 14.8. The molecule has 5 nitrogen and oxygen atoms in total. The van der Waals surface area contributed by atoms with E-state index >= 15 is 0 Å². The number of rotatable bonds is 2. The fraction of sp³-hybridized carbons (Fsp3) is 0.182. The molecule has 17 heavy (non-hydrogen) atoms. The average Bonchev–Trinajstić information content (AvgIpc) is 2.57. The van der Waals surface area contributed by atoms with E-state index in [4.69, 9.17) is 5.11 Å². The van der Waals surface area contributed by atoms with E-state index in [0.29, 0.717) is 5.69 Å². The van der Waals surface area contributed by atoms with E-state index in [-0.39, 0.29) is 5.56 Å². The van der Waals surface area contributed by atoms with Gasteiger partial charge in [-0.2, -0.15) is 5.10 Å². The quantitative estimate of drug-likeness (QED) is 0.923. The first-order chi connectivity index (χ1) is 8.00. The summed E-state index contributed by atoms with van der Waals surface area (Å²) in [6, 6.07) is 1.54. The van der Waals surface area contributed by atoms with Crippen molar-refractivity contribution in [3.8, 4) is 5.69 Å². The van der Waals surface area contributed by atoms with Crippen LogP contribution in [-0.4, -0.2) is 25.8 Å². The van der Waals surface area contributed by atoms with Crippen LogP contribution in [0.3, 0.4) is 0 Å². The van der Waals surface area contributed by atoms with Gasteiger partial charge in [-0.05, 0) is 35.8 Å². The third-order valence-corrected chi connectivity index (χ3v) is 3.57. The Hall–Kier alpha value is -1.69. The zero-order valence-electron chi connectivity index (χ0n) is 9.31. The van der Waals surface area contributed by atoms with Crippen LogP contribution in [0.4, 0.5) is 0 Å². The number of aromatic carboxylic acids is 1. The van der Waals surface area contributed by atoms with Gasteiger partial charge in [0.25, 0.3) is 0 Å². The first-order valence-corrected chi connectivity index (χ1v) is 5.70. The number of carbonyl (C=O) groups is 1. The van der Waals surface area contributed by atoms with Gasteiger partial charge in [0.05, 0.1) is 33.3 Å². The molecule has 1 N–H and O–H groups in total. The molecule has 2 aromatic heterocycles. The summed E-state index contributed by atoms with van der Waals surface area (Å²) in [5.41, 5.74) is 2.54. The van der Waals surface area contributed by atoms with Crippen LogP contribution in [0, 0.1) is 13.8 Å². The monoisotopic (exact) mass is 295 g/mol. The Bertz CT molecular complexity index is 592. The molecule has 6 heteroatoms. The Kier molecular flexibility index (Phi) is 2.97. The van der Waals surface area contributed by atoms with Crippen molar-refractivity contribution in [2.24, 2.45) is 0 Å². The van der Waals surface area contributed by atoms with Gasteiger partial charge in [0, 0.05) is 6.20 Å². The summed E-state index contributed by atoms with van der Waals surface area (Å²) in [7, 11) is 0. The second-order valence-corrected chi connectivity index (χ2v) is 4.43. The lowest BCUT2D eigenvalue weighted by molar-refractivity contribution is 0.0696. The van der Waals surface area contributed by atoms with Gasteiger partial charge in [0.15, 0.2) is 0 Å². The van der Waals surface area contributed by atoms with Gasteiger partial charge in [0.2, 0.25) is 0 Å². The second-order valence-electron chi connectivity index (χ2n) is 3.63. The number of hydrogen-bond acceptors (Lipinski definition) is 3. The van der Waals surface area contributed by atoms with Gasteiger partial charge in [-0.3, -0.25) is 4.98 Å². The molecule has 2 heterocycles. The van der Waals surface area contributed by atoms with Crippen LogP contribution in [0.25, 0.3) is 5.69 Å². The van der Waals surface area contributed by atoms with Crippen LogP contribution in [0.1, 0.15) is 21.7 Å². The summed E-state index contributed by atoms with van der Waals surface area (Å²) in [5.74, 6) is -1.00. The van der Waals surface area contributed by atoms with Gasteiger partial charge in [-0.1, -0.05) is 0 Å². The van der Waals surface area contributed by atoms with Crippen molar-refractivity contribution in [3.63, 3.8) is 0 Å². The van der Waals surface area contributed by atoms with Gasteiger partial charge in [-0.15, -0.1) is 0 Å². The van der Waals surface area contributed by atoms with Crippen molar-refractivity contribution in [1.82, 2.24) is 14.8 Å². The third kappa shape index (κ3) is 2.08. The topological polar surface area (TPSA) is 68.0 Å². The highest BCUT2D eigenvalue weighted by Gasteiger charge is 2.12. The minimum Gasteiger partial charge on any atom is -0.478 e. The lowest BCUT2D eigenvalue weighted by Gasteiger charge is -2.04. The molecule has 0 bridgehead atoms. The predicted molar refractivity (Wildman–Crippen MR) is 65.5 cm³/mol. The molecular formula is C11H10BrN3O2. The summed E-state index contributed by atoms with van der Waals surface area (Å²) in [6.45, 7) is 3.78. The van der Waals surface area contributed by atoms with Crippen LogP contribution < -0.4 is 0 Å². The maximum absolute atomic E-state index is 10.9. The van der Waals surface area contributed by atoms with Crippen molar-refractivity contribution < 1.29 is 9.90 Å². The SMILES string of the molecule is Cc1nn(-c2cncc(C(=O)O)c2)c(C)c1Br. The fourth-order valence-corrected chi connectivity index (χ4v) is 1.78. The molecule has 2 rings (SSSR count). The molecule has 0 amide bonds. The zero-order valence-corrected chi connectivity index (χ0v) is 10.9. The highest BCUT2D eigenvalue weighted by atomic mass is 79.9. The second kappa shape index (κ2) is 4.29. The van der Waals surface area contributed by atoms with Crippen molar-refractivity contribution in [2.45, 2.75) is 13.8 Å². The minimum atomic E-state index is -1.00. The number of nitrogens with zero attached hydrogens (tertiary/aromatic N) is 3. The molecule has 0 saturated carbocycles. The molecule has 0 aliphatic rings. The number of aryl methyl sites for hydroxylation is 1. The molecule has 0 unspecified atom stereocenters. The Labute approximate surface area is 106 Å². The molecule has 0 aliphatic carbocycles. The smallest absolute Gasteiger partial charge is 0.337 e. The van der Waals surface area contributed by atoms with Crippen molar-refractivity contribution >= 4 is 21.9 Å². The molecule has 0 atom stereocenters. The highest BCUT2D eigenvalue weighted by Crippen LogP contribution is 2.22. The van der Waals surface area contributed by atoms with E-state index in [2.05, 4.69) is 26.0 Å². The average molecular weight is 296 g/mol. The number of pyridine rings is 1. The van der Waals surface area contributed by atoms with Gasteiger partial charge in [-0.25, -0.2) is 9.48 Å². The lowest BCUT2D eigenvalue weighted by Crippen LogP contribution is -2.03. The van der Waals surface area contributed by atoms with Crippen LogP contribution in [0.15, 0.2) is 22.9 Å². The van der Waals surface area contributed by atoms with E-state index in [1.54, 1.807) is 16.9 Å². The van der Waals surface area contributed by atoms with E-state index in [1.807, 2.05) is 13.8 Å². The van der Waals surface area contributed by atoms with E-state index in [0.717, 1.165) is 15.9 Å². The summed E-state index contributed by atoms with van der Waals surface area (Å²) < 4.78 is 2.58. The zero-order chi connectivity index (χ0) is 12.6. The normalized spacial score (nSPS) is 10.5. The van der Waals surface area contributed by atoms with Gasteiger partial charge >= 0.3 is 5.97 Å². The molecule has 2 aromatic rings. The molecule has 0 aliphatic heterocycles. The number of carboxylic acids is 1. The third-order valence-electron chi connectivity index (χ3n) is 2.42. The maximum atomic E-state index is 10.9. The molecular weight excluding hydrogens is 286 g/mol. The number of hydrogen-bond donors (Lipinski definition) is 1. The fourth-order valence-electron chi connectivity index (χ4n) is 1.54. The molecule has 0 radical (unpaired) electrons. The molecule has 88 valence electrons. The van der Waals surface area contributed by atoms with Gasteiger partial charge < -0.3 is 5.11 Å². The molecule has 0 fully saturated rings. The van der Waals surface area contributed by atoms with E-state index in [9.17, 15) is 4.79 Å². The Morgan fingerprint density at radius 1 is 1.41 bits per heavy atom. The standard InChI is InChI=1S/C11H10BrN3O2/c1-6-10(12)7(2)15(14-6)9-3-8(11(16)17)4-13-5-9/h3-5H,1-2H3,(H,16,17). The molecule has 0 spiro atoms. The summed E-state index contributed by atoms with van der Waals surface area (Å²) in [5, 5.41) is 13.2. The largest absolute Gasteiger partial charge is 0.478 e. The summed E-state index contributed by atoms with van der Waals surface area (Å²) >= 11 is 3.42. The van der Waals surface area contributed by atoms with Crippen molar-refractivity contribution in [1.29, 1.82) is 0 Å². The van der Waals surface area contributed by atoms with Crippen LogP contribution >= 0.6 is 15.9 Å². The summed E-state index contributed by atoms with van der Waals surface area (Å²) in [6.07, 6.45) is 2.89. The first-order valence-electron chi connectivity index (χ1n) is 4.91. The number of carboxylic acid groups (broad SMARTS) is 1. The Morgan fingerprint density at radius 3 is 2.65 bits per heavy atom. The van der Waals surface area contributed by atoms with Crippen LogP contribution in [0.5, 0.6) is 0 Å². The molecule has 0 aromatic carbocycles. The minimum absolute atomic E-state index is 0.145. The Balaban J connectivity index is 2.56. The van der Waals surface area contributed by atoms with E-state index in [1.165, 1.54) is 6.20 Å². The van der Waals surface area contributed by atoms with Crippen molar-refractivity contribution in [2.75, 3.05) is 0 Å². The van der Waals surface area contributed by atoms with Crippen molar-refractivity contribution in [3.05, 3.63) is 39.9 Å². The lowest BCUT2D eigenvalue weighted by atomic mass is 10.2. The number of halogens is 1. The van der Waals surface area contributed by atoms with Crippen LogP contribution in [0.2, 0.25) is 0 Å². The van der Waals surface area contributed by atoms with Gasteiger partial charge in [0.1, 0.15) is 0 Å².